The van der Waals surface area contributed by atoms with E-state index in [2.05, 4.69) is 29.8 Å². The molecule has 32 heavy (non-hydrogen) atoms. The number of halogens is 1. The van der Waals surface area contributed by atoms with E-state index in [0.29, 0.717) is 13.1 Å². The van der Waals surface area contributed by atoms with Crippen LogP contribution in [0.2, 0.25) is 0 Å². The van der Waals surface area contributed by atoms with Gasteiger partial charge in [0.25, 0.3) is 0 Å². The summed E-state index contributed by atoms with van der Waals surface area (Å²) in [7, 11) is 0. The second kappa shape index (κ2) is 22.0. The summed E-state index contributed by atoms with van der Waals surface area (Å²) in [5.74, 6) is -0.374. The van der Waals surface area contributed by atoms with Crippen LogP contribution in [0.15, 0.2) is 0 Å². The molecule has 2 amide bonds. The van der Waals surface area contributed by atoms with Gasteiger partial charge >= 0.3 is 0 Å². The summed E-state index contributed by atoms with van der Waals surface area (Å²) in [6.45, 7) is 7.17. The highest BCUT2D eigenvalue weighted by molar-refractivity contribution is 5.88. The molecule has 0 saturated carbocycles. The quantitative estimate of drug-likeness (QED) is 0.197. The fourth-order valence-electron chi connectivity index (χ4n) is 4.43. The molecule has 1 heterocycles. The fraction of sp³-hybridized carbons (Fsp3) is 0.923. The second-order valence-corrected chi connectivity index (χ2v) is 9.40. The van der Waals surface area contributed by atoms with E-state index in [1.54, 1.807) is 0 Å². The first-order chi connectivity index (χ1) is 15.2. The van der Waals surface area contributed by atoms with E-state index >= 15 is 0 Å². The van der Waals surface area contributed by atoms with E-state index in [0.717, 1.165) is 25.9 Å². The first-order valence-electron chi connectivity index (χ1n) is 13.5. The van der Waals surface area contributed by atoms with Gasteiger partial charge < -0.3 is 16.0 Å². The lowest BCUT2D eigenvalue weighted by molar-refractivity contribution is -0.132. The molecule has 1 aliphatic rings. The smallest absolute Gasteiger partial charge is 0.225 e. The lowest BCUT2D eigenvalue weighted by atomic mass is 9.94. The fourth-order valence-corrected chi connectivity index (χ4v) is 4.43. The molecule has 0 aromatic rings. The van der Waals surface area contributed by atoms with E-state index in [4.69, 9.17) is 0 Å². The van der Waals surface area contributed by atoms with Crippen LogP contribution >= 0.6 is 12.4 Å². The molecule has 0 spiro atoms. The minimum Gasteiger partial charge on any atom is -0.356 e. The lowest BCUT2D eigenvalue weighted by Gasteiger charge is -2.18. The first kappa shape index (κ1) is 31.2. The van der Waals surface area contributed by atoms with Gasteiger partial charge in [-0.25, -0.2) is 0 Å². The Balaban J connectivity index is 0.00000961. The van der Waals surface area contributed by atoms with E-state index < -0.39 is 0 Å². The molecule has 1 aliphatic heterocycles. The first-order valence-corrected chi connectivity index (χ1v) is 13.5. The summed E-state index contributed by atoms with van der Waals surface area (Å²) in [6, 6.07) is 0. The molecular weight excluding hydrogens is 422 g/mol. The Kier molecular flexibility index (Phi) is 21.4. The van der Waals surface area contributed by atoms with Gasteiger partial charge in [0.15, 0.2) is 0 Å². The van der Waals surface area contributed by atoms with Crippen molar-refractivity contribution in [2.24, 2.45) is 11.8 Å². The van der Waals surface area contributed by atoms with Crippen molar-refractivity contribution < 1.29 is 9.59 Å². The van der Waals surface area contributed by atoms with Crippen molar-refractivity contribution in [2.75, 3.05) is 26.2 Å². The third kappa shape index (κ3) is 15.1. The van der Waals surface area contributed by atoms with Crippen molar-refractivity contribution in [1.82, 2.24) is 16.0 Å². The Morgan fingerprint density at radius 1 is 0.594 bits per heavy atom. The number of hydrogen-bond acceptors (Lipinski definition) is 3. The average Bonchev–Trinajstić information content (AvgIpc) is 3.27. The summed E-state index contributed by atoms with van der Waals surface area (Å²) in [5, 5.41) is 9.37. The Labute approximate surface area is 204 Å². The van der Waals surface area contributed by atoms with Crippen molar-refractivity contribution in [2.45, 2.75) is 117 Å². The van der Waals surface area contributed by atoms with Crippen LogP contribution in [0.25, 0.3) is 0 Å². The maximum atomic E-state index is 12.6. The van der Waals surface area contributed by atoms with E-state index in [1.165, 1.54) is 89.9 Å². The number of amides is 2. The van der Waals surface area contributed by atoms with Gasteiger partial charge in [-0.15, -0.1) is 12.4 Å². The van der Waals surface area contributed by atoms with Crippen molar-refractivity contribution >= 4 is 24.2 Å². The normalized spacial score (nSPS) is 17.7. The van der Waals surface area contributed by atoms with E-state index in [1.807, 2.05) is 0 Å². The summed E-state index contributed by atoms with van der Waals surface area (Å²) < 4.78 is 0. The van der Waals surface area contributed by atoms with Crippen LogP contribution in [0.1, 0.15) is 117 Å². The molecule has 0 aromatic carbocycles. The highest BCUT2D eigenvalue weighted by Crippen LogP contribution is 2.17. The van der Waals surface area contributed by atoms with E-state index in [9.17, 15) is 9.59 Å². The van der Waals surface area contributed by atoms with Gasteiger partial charge in [0.2, 0.25) is 11.8 Å². The molecule has 0 unspecified atom stereocenters. The summed E-state index contributed by atoms with van der Waals surface area (Å²) >= 11 is 0. The summed E-state index contributed by atoms with van der Waals surface area (Å²) in [6.07, 6.45) is 20.2. The van der Waals surface area contributed by atoms with Gasteiger partial charge in [-0.1, -0.05) is 104 Å². The lowest BCUT2D eigenvalue weighted by Crippen LogP contribution is -2.42. The summed E-state index contributed by atoms with van der Waals surface area (Å²) in [4.78, 5) is 25.1. The third-order valence-electron chi connectivity index (χ3n) is 6.55. The van der Waals surface area contributed by atoms with Crippen LogP contribution in [0.4, 0.5) is 0 Å². The van der Waals surface area contributed by atoms with Gasteiger partial charge in [-0.2, -0.15) is 0 Å². The maximum absolute atomic E-state index is 12.6. The van der Waals surface area contributed by atoms with Crippen molar-refractivity contribution in [1.29, 1.82) is 0 Å². The average molecular weight is 474 g/mol. The minimum atomic E-state index is -0.229. The molecule has 0 bridgehead atoms. The van der Waals surface area contributed by atoms with Crippen LogP contribution < -0.4 is 16.0 Å². The van der Waals surface area contributed by atoms with Crippen LogP contribution in [-0.2, 0) is 9.59 Å². The van der Waals surface area contributed by atoms with Gasteiger partial charge in [-0.05, 0) is 12.8 Å². The topological polar surface area (TPSA) is 70.2 Å². The van der Waals surface area contributed by atoms with Crippen LogP contribution in [-0.4, -0.2) is 38.0 Å². The minimum absolute atomic E-state index is 0. The number of unbranched alkanes of at least 4 members (excludes halogenated alkanes) is 14. The Bertz CT molecular complexity index is 422. The SMILES string of the molecule is CCCCCCCCCCNC(=O)[C@@H]1CNC[C@H]1C(=O)NCCCCCCCCCC.Cl. The van der Waals surface area contributed by atoms with Crippen molar-refractivity contribution in [3.05, 3.63) is 0 Å². The van der Waals surface area contributed by atoms with Crippen LogP contribution in [0.3, 0.4) is 0 Å². The van der Waals surface area contributed by atoms with Crippen LogP contribution in [0, 0.1) is 11.8 Å². The molecule has 0 aromatic heterocycles. The van der Waals surface area contributed by atoms with Gasteiger partial charge in [-0.3, -0.25) is 9.59 Å². The zero-order chi connectivity index (χ0) is 22.6. The molecule has 1 saturated heterocycles. The molecule has 6 heteroatoms. The van der Waals surface area contributed by atoms with Crippen molar-refractivity contribution in [3.63, 3.8) is 0 Å². The number of rotatable bonds is 20. The Hall–Kier alpha value is -0.810. The number of nitrogens with one attached hydrogen (secondary N) is 3. The van der Waals surface area contributed by atoms with Gasteiger partial charge in [0.1, 0.15) is 0 Å². The van der Waals surface area contributed by atoms with Crippen LogP contribution in [0.5, 0.6) is 0 Å². The highest BCUT2D eigenvalue weighted by Gasteiger charge is 2.37. The molecular formula is C26H52ClN3O2. The number of carbonyl (C=O) groups excluding carboxylic acids is 2. The monoisotopic (exact) mass is 473 g/mol. The molecule has 1 rings (SSSR count). The maximum Gasteiger partial charge on any atom is 0.225 e. The molecule has 0 aliphatic carbocycles. The molecule has 1 fully saturated rings. The van der Waals surface area contributed by atoms with E-state index in [-0.39, 0.29) is 36.1 Å². The highest BCUT2D eigenvalue weighted by atomic mass is 35.5. The number of hydrogen-bond donors (Lipinski definition) is 3. The second-order valence-electron chi connectivity index (χ2n) is 9.40. The summed E-state index contributed by atoms with van der Waals surface area (Å²) in [5.41, 5.74) is 0. The number of carbonyl (C=O) groups is 2. The molecule has 2 atom stereocenters. The predicted octanol–water partition coefficient (Wildman–Crippen LogP) is 5.76. The Morgan fingerprint density at radius 2 is 0.906 bits per heavy atom. The molecule has 0 radical (unpaired) electrons. The van der Waals surface area contributed by atoms with Gasteiger partial charge in [0, 0.05) is 26.2 Å². The molecule has 190 valence electrons. The third-order valence-corrected chi connectivity index (χ3v) is 6.55. The standard InChI is InChI=1S/C26H51N3O2.ClH/c1-3-5-7-9-11-13-15-17-19-28-25(30)23-21-27-22-24(23)26(31)29-20-18-16-14-12-10-8-6-4-2;/h23-24,27H,3-22H2,1-2H3,(H,28,30)(H,29,31);1H/t23-,24-;/m1./s1. The zero-order valence-electron chi connectivity index (χ0n) is 21.0. The zero-order valence-corrected chi connectivity index (χ0v) is 21.8. The van der Waals surface area contributed by atoms with Gasteiger partial charge in [0.05, 0.1) is 11.8 Å². The molecule has 3 N–H and O–H groups in total. The largest absolute Gasteiger partial charge is 0.356 e. The Morgan fingerprint density at radius 3 is 1.25 bits per heavy atom. The predicted molar refractivity (Wildman–Crippen MR) is 138 cm³/mol. The molecule has 5 nitrogen and oxygen atoms in total. The van der Waals surface area contributed by atoms with Crippen molar-refractivity contribution in [3.8, 4) is 0 Å².